The standard InChI is InChI=1S/C18H18N2O3S/c1-11-15(17(22)23-3)14(10-9-13-7-5-4-6-8-13)20-16(21)12(2)24-18(20)19-11/h4-10,12,14H,1-3H3/b10-9+/t12-,14+/m1/s1. The normalized spacial score (nSPS) is 23.5. The van der Waals surface area contributed by atoms with E-state index in [4.69, 9.17) is 4.74 Å². The van der Waals surface area contributed by atoms with Crippen LogP contribution in [0.25, 0.3) is 6.08 Å². The fourth-order valence-electron chi connectivity index (χ4n) is 2.77. The largest absolute Gasteiger partial charge is 0.466 e. The molecule has 0 N–H and O–H groups in total. The highest BCUT2D eigenvalue weighted by Gasteiger charge is 2.44. The first-order valence-electron chi connectivity index (χ1n) is 7.63. The molecule has 0 saturated carbocycles. The third-order valence-electron chi connectivity index (χ3n) is 3.98. The molecule has 0 radical (unpaired) electrons. The van der Waals surface area contributed by atoms with Gasteiger partial charge in [0.05, 0.1) is 29.7 Å². The van der Waals surface area contributed by atoms with Gasteiger partial charge in [-0.1, -0.05) is 54.2 Å². The monoisotopic (exact) mass is 342 g/mol. The molecule has 1 amide bonds. The maximum absolute atomic E-state index is 12.5. The van der Waals surface area contributed by atoms with Gasteiger partial charge in [0.15, 0.2) is 5.17 Å². The van der Waals surface area contributed by atoms with Crippen LogP contribution in [-0.2, 0) is 14.3 Å². The topological polar surface area (TPSA) is 59.0 Å². The van der Waals surface area contributed by atoms with Crippen LogP contribution in [-0.4, -0.2) is 40.3 Å². The van der Waals surface area contributed by atoms with Crippen molar-refractivity contribution in [3.8, 4) is 0 Å². The third-order valence-corrected chi connectivity index (χ3v) is 5.03. The molecule has 1 fully saturated rings. The summed E-state index contributed by atoms with van der Waals surface area (Å²) in [5.41, 5.74) is 1.98. The molecule has 2 atom stereocenters. The van der Waals surface area contributed by atoms with Crippen molar-refractivity contribution in [2.45, 2.75) is 25.1 Å². The SMILES string of the molecule is COC(=O)C1=C(C)N=C2S[C@H](C)C(=O)N2[C@H]1/C=C/c1ccccc1. The van der Waals surface area contributed by atoms with Gasteiger partial charge in [0.2, 0.25) is 5.91 Å². The van der Waals surface area contributed by atoms with Crippen LogP contribution in [0.2, 0.25) is 0 Å². The fraction of sp³-hybridized carbons (Fsp3) is 0.278. The lowest BCUT2D eigenvalue weighted by Gasteiger charge is -2.30. The van der Waals surface area contributed by atoms with Crippen molar-refractivity contribution in [1.82, 2.24) is 4.90 Å². The minimum atomic E-state index is -0.505. The number of hydrogen-bond acceptors (Lipinski definition) is 5. The van der Waals surface area contributed by atoms with Gasteiger partial charge in [-0.15, -0.1) is 0 Å². The first-order valence-corrected chi connectivity index (χ1v) is 8.51. The molecule has 1 aromatic carbocycles. The minimum Gasteiger partial charge on any atom is -0.466 e. The number of carbonyl (C=O) groups excluding carboxylic acids is 2. The molecule has 1 saturated heterocycles. The van der Waals surface area contributed by atoms with Crippen molar-refractivity contribution in [3.63, 3.8) is 0 Å². The van der Waals surface area contributed by atoms with Gasteiger partial charge >= 0.3 is 5.97 Å². The van der Waals surface area contributed by atoms with Crippen LogP contribution in [0, 0.1) is 0 Å². The number of allylic oxidation sites excluding steroid dienone is 1. The molecule has 5 nitrogen and oxygen atoms in total. The summed E-state index contributed by atoms with van der Waals surface area (Å²) in [5.74, 6) is -0.509. The lowest BCUT2D eigenvalue weighted by atomic mass is 10.0. The third kappa shape index (κ3) is 2.89. The van der Waals surface area contributed by atoms with E-state index in [2.05, 4.69) is 4.99 Å². The number of amides is 1. The van der Waals surface area contributed by atoms with Crippen molar-refractivity contribution >= 4 is 34.9 Å². The van der Waals surface area contributed by atoms with E-state index in [0.717, 1.165) is 5.56 Å². The van der Waals surface area contributed by atoms with Crippen molar-refractivity contribution in [2.75, 3.05) is 7.11 Å². The summed E-state index contributed by atoms with van der Waals surface area (Å²) in [6, 6.07) is 9.24. The fourth-order valence-corrected chi connectivity index (χ4v) is 3.80. The second kappa shape index (κ2) is 6.65. The lowest BCUT2D eigenvalue weighted by Crippen LogP contribution is -2.44. The van der Waals surface area contributed by atoms with Gasteiger partial charge in [-0.25, -0.2) is 9.79 Å². The summed E-state index contributed by atoms with van der Waals surface area (Å²) in [6.45, 7) is 3.62. The zero-order chi connectivity index (χ0) is 17.3. The first kappa shape index (κ1) is 16.5. The lowest BCUT2D eigenvalue weighted by molar-refractivity contribution is -0.137. The molecular formula is C18H18N2O3S. The molecule has 24 heavy (non-hydrogen) atoms. The number of rotatable bonds is 3. The Bertz CT molecular complexity index is 768. The van der Waals surface area contributed by atoms with E-state index in [-0.39, 0.29) is 11.2 Å². The first-order chi connectivity index (χ1) is 11.5. The smallest absolute Gasteiger partial charge is 0.338 e. The van der Waals surface area contributed by atoms with Gasteiger partial charge in [-0.05, 0) is 19.4 Å². The maximum Gasteiger partial charge on any atom is 0.338 e. The van der Waals surface area contributed by atoms with E-state index in [9.17, 15) is 9.59 Å². The Balaban J connectivity index is 2.03. The number of esters is 1. The van der Waals surface area contributed by atoms with Crippen LogP contribution in [0.4, 0.5) is 0 Å². The molecule has 1 aromatic rings. The molecule has 3 rings (SSSR count). The van der Waals surface area contributed by atoms with Crippen LogP contribution in [0.15, 0.2) is 52.7 Å². The maximum atomic E-state index is 12.5. The molecule has 2 heterocycles. The predicted octanol–water partition coefficient (Wildman–Crippen LogP) is 2.85. The van der Waals surface area contributed by atoms with E-state index >= 15 is 0 Å². The highest BCUT2D eigenvalue weighted by atomic mass is 32.2. The zero-order valence-corrected chi connectivity index (χ0v) is 14.5. The van der Waals surface area contributed by atoms with Gasteiger partial charge in [0.25, 0.3) is 0 Å². The Hall–Kier alpha value is -2.34. The molecule has 0 spiro atoms. The number of amidine groups is 1. The molecule has 2 aliphatic heterocycles. The average molecular weight is 342 g/mol. The highest BCUT2D eigenvalue weighted by Crippen LogP contribution is 2.36. The van der Waals surface area contributed by atoms with Crippen LogP contribution in [0.5, 0.6) is 0 Å². The van der Waals surface area contributed by atoms with Gasteiger partial charge in [-0.3, -0.25) is 9.69 Å². The number of carbonyl (C=O) groups is 2. The quantitative estimate of drug-likeness (QED) is 0.793. The Morgan fingerprint density at radius 2 is 2.04 bits per heavy atom. The molecule has 0 aromatic heterocycles. The number of aliphatic imine (C=N–C) groups is 1. The Morgan fingerprint density at radius 3 is 2.71 bits per heavy atom. The summed E-state index contributed by atoms with van der Waals surface area (Å²) in [4.78, 5) is 30.8. The summed E-state index contributed by atoms with van der Waals surface area (Å²) < 4.78 is 4.91. The number of hydrogen-bond donors (Lipinski definition) is 0. The Kier molecular flexibility index (Phi) is 4.57. The summed E-state index contributed by atoms with van der Waals surface area (Å²) in [6.07, 6.45) is 3.76. The number of benzene rings is 1. The van der Waals surface area contributed by atoms with Gasteiger partial charge < -0.3 is 4.74 Å². The number of thioether (sulfide) groups is 1. The van der Waals surface area contributed by atoms with Crippen molar-refractivity contribution in [2.24, 2.45) is 4.99 Å². The van der Waals surface area contributed by atoms with Crippen molar-refractivity contribution in [1.29, 1.82) is 0 Å². The van der Waals surface area contributed by atoms with E-state index < -0.39 is 12.0 Å². The van der Waals surface area contributed by atoms with Gasteiger partial charge in [0.1, 0.15) is 0 Å². The number of nitrogens with zero attached hydrogens (tertiary/aromatic N) is 2. The van der Waals surface area contributed by atoms with E-state index in [0.29, 0.717) is 16.4 Å². The van der Waals surface area contributed by atoms with Crippen LogP contribution >= 0.6 is 11.8 Å². The second-order valence-corrected chi connectivity index (χ2v) is 6.88. The van der Waals surface area contributed by atoms with Gasteiger partial charge in [-0.2, -0.15) is 0 Å². The summed E-state index contributed by atoms with van der Waals surface area (Å²) >= 11 is 1.41. The van der Waals surface area contributed by atoms with Crippen LogP contribution in [0.3, 0.4) is 0 Å². The zero-order valence-electron chi connectivity index (χ0n) is 13.7. The molecule has 124 valence electrons. The van der Waals surface area contributed by atoms with Crippen LogP contribution in [0.1, 0.15) is 19.4 Å². The molecule has 0 aliphatic carbocycles. The predicted molar refractivity (Wildman–Crippen MR) is 95.3 cm³/mol. The highest BCUT2D eigenvalue weighted by molar-refractivity contribution is 8.15. The number of ether oxygens (including phenoxy) is 1. The number of fused-ring (bicyclic) bond motifs is 1. The van der Waals surface area contributed by atoms with E-state index in [1.165, 1.54) is 18.9 Å². The Labute approximate surface area is 145 Å². The second-order valence-electron chi connectivity index (χ2n) is 5.57. The van der Waals surface area contributed by atoms with Crippen molar-refractivity contribution < 1.29 is 14.3 Å². The summed E-state index contributed by atoms with van der Waals surface area (Å²) in [5, 5.41) is 0.432. The molecule has 0 unspecified atom stereocenters. The van der Waals surface area contributed by atoms with Gasteiger partial charge in [0, 0.05) is 0 Å². The van der Waals surface area contributed by atoms with Crippen molar-refractivity contribution in [3.05, 3.63) is 53.2 Å². The number of methoxy groups -OCH3 is 1. The summed E-state index contributed by atoms with van der Waals surface area (Å²) in [7, 11) is 1.34. The minimum absolute atomic E-state index is 0.0460. The molecule has 6 heteroatoms. The Morgan fingerprint density at radius 1 is 1.33 bits per heavy atom. The molecule has 2 aliphatic rings. The van der Waals surface area contributed by atoms with E-state index in [1.807, 2.05) is 49.4 Å². The average Bonchev–Trinajstić information content (AvgIpc) is 2.86. The van der Waals surface area contributed by atoms with Crippen LogP contribution < -0.4 is 0 Å². The van der Waals surface area contributed by atoms with E-state index in [1.54, 1.807) is 11.8 Å². The molecular weight excluding hydrogens is 324 g/mol. The molecule has 0 bridgehead atoms.